The van der Waals surface area contributed by atoms with E-state index >= 15 is 0 Å². The average molecular weight is 236 g/mol. The topological polar surface area (TPSA) is 55.8 Å². The summed E-state index contributed by atoms with van der Waals surface area (Å²) in [7, 11) is 0. The van der Waals surface area contributed by atoms with E-state index in [-0.39, 0.29) is 12.3 Å². The van der Waals surface area contributed by atoms with Crippen LogP contribution in [0.25, 0.3) is 0 Å². The first-order chi connectivity index (χ1) is 8.15. The van der Waals surface area contributed by atoms with Gasteiger partial charge in [0, 0.05) is 6.42 Å². The van der Waals surface area contributed by atoms with E-state index in [9.17, 15) is 4.79 Å². The van der Waals surface area contributed by atoms with E-state index in [1.165, 1.54) is 0 Å². The van der Waals surface area contributed by atoms with E-state index < -0.39 is 5.97 Å². The van der Waals surface area contributed by atoms with E-state index in [4.69, 9.17) is 14.6 Å². The first-order valence-corrected chi connectivity index (χ1v) is 5.75. The van der Waals surface area contributed by atoms with Gasteiger partial charge in [0.25, 0.3) is 0 Å². The van der Waals surface area contributed by atoms with Gasteiger partial charge in [-0.25, -0.2) is 0 Å². The van der Waals surface area contributed by atoms with E-state index in [0.29, 0.717) is 13.2 Å². The number of rotatable bonds is 4. The smallest absolute Gasteiger partial charge is 0.303 e. The van der Waals surface area contributed by atoms with Crippen molar-refractivity contribution in [1.29, 1.82) is 0 Å². The van der Waals surface area contributed by atoms with Gasteiger partial charge in [-0.1, -0.05) is 13.0 Å². The Labute approximate surface area is 100 Å². The Morgan fingerprint density at radius 3 is 2.76 bits per heavy atom. The molecule has 0 radical (unpaired) electrons. The van der Waals surface area contributed by atoms with Crippen molar-refractivity contribution in [2.75, 3.05) is 13.2 Å². The fraction of sp³-hybridized carbons (Fsp3) is 0.462. The lowest BCUT2D eigenvalue weighted by molar-refractivity contribution is -0.137. The Kier molecular flexibility index (Phi) is 3.52. The predicted molar refractivity (Wildman–Crippen MR) is 62.6 cm³/mol. The number of fused-ring (bicyclic) bond motifs is 1. The Morgan fingerprint density at radius 2 is 2.06 bits per heavy atom. The summed E-state index contributed by atoms with van der Waals surface area (Å²) in [6.07, 6.45) is 0.928. The monoisotopic (exact) mass is 236 g/mol. The van der Waals surface area contributed by atoms with Gasteiger partial charge in [-0.15, -0.1) is 0 Å². The molecule has 0 spiro atoms. The second-order valence-electron chi connectivity index (χ2n) is 4.39. The summed E-state index contributed by atoms with van der Waals surface area (Å²) in [6.45, 7) is 3.09. The average Bonchev–Trinajstić information content (AvgIpc) is 2.27. The quantitative estimate of drug-likeness (QED) is 0.869. The van der Waals surface area contributed by atoms with Gasteiger partial charge in [-0.3, -0.25) is 4.79 Å². The number of hydrogen-bond acceptors (Lipinski definition) is 3. The zero-order chi connectivity index (χ0) is 12.3. The number of aliphatic carboxylic acids is 1. The predicted octanol–water partition coefficient (Wildman–Crippen LogP) is 2.11. The van der Waals surface area contributed by atoms with E-state index in [0.717, 1.165) is 23.5 Å². The van der Waals surface area contributed by atoms with Gasteiger partial charge < -0.3 is 14.6 Å². The Bertz CT molecular complexity index is 414. The lowest BCUT2D eigenvalue weighted by Gasteiger charge is -2.19. The minimum atomic E-state index is -0.755. The van der Waals surface area contributed by atoms with Crippen LogP contribution in [0.4, 0.5) is 0 Å². The molecule has 4 heteroatoms. The van der Waals surface area contributed by atoms with Crippen LogP contribution in [0.15, 0.2) is 18.2 Å². The van der Waals surface area contributed by atoms with Crippen LogP contribution in [-0.4, -0.2) is 24.3 Å². The number of carboxylic acids is 1. The Balaban J connectivity index is 2.04. The summed E-state index contributed by atoms with van der Waals surface area (Å²) in [4.78, 5) is 10.6. The highest BCUT2D eigenvalue weighted by molar-refractivity contribution is 5.67. The van der Waals surface area contributed by atoms with Crippen LogP contribution in [0.3, 0.4) is 0 Å². The lowest BCUT2D eigenvalue weighted by atomic mass is 9.98. The standard InChI is InChI=1S/C13H16O4/c1-9(7-13(14)15)6-10-2-3-11-12(8-10)17-5-4-16-11/h2-3,8-9H,4-7H2,1H3,(H,14,15). The van der Waals surface area contributed by atoms with Gasteiger partial charge in [-0.05, 0) is 30.0 Å². The van der Waals surface area contributed by atoms with E-state index in [2.05, 4.69) is 0 Å². The highest BCUT2D eigenvalue weighted by Gasteiger charge is 2.14. The highest BCUT2D eigenvalue weighted by Crippen LogP contribution is 2.31. The summed E-state index contributed by atoms with van der Waals surface area (Å²) in [5, 5.41) is 8.71. The van der Waals surface area contributed by atoms with Crippen LogP contribution in [0.5, 0.6) is 11.5 Å². The zero-order valence-corrected chi connectivity index (χ0v) is 9.81. The summed E-state index contributed by atoms with van der Waals surface area (Å²) >= 11 is 0. The Morgan fingerprint density at radius 1 is 1.35 bits per heavy atom. The van der Waals surface area contributed by atoms with Crippen molar-refractivity contribution in [3.63, 3.8) is 0 Å². The van der Waals surface area contributed by atoms with Gasteiger partial charge in [-0.2, -0.15) is 0 Å². The van der Waals surface area contributed by atoms with Crippen LogP contribution in [0.2, 0.25) is 0 Å². The molecule has 1 unspecified atom stereocenters. The van der Waals surface area contributed by atoms with Crippen LogP contribution < -0.4 is 9.47 Å². The maximum atomic E-state index is 10.6. The maximum Gasteiger partial charge on any atom is 0.303 e. The molecule has 1 aliphatic heterocycles. The normalized spacial score (nSPS) is 15.4. The summed E-state index contributed by atoms with van der Waals surface area (Å²) in [6, 6.07) is 5.79. The maximum absolute atomic E-state index is 10.6. The Hall–Kier alpha value is -1.71. The van der Waals surface area contributed by atoms with Crippen LogP contribution in [0.1, 0.15) is 18.9 Å². The number of carbonyl (C=O) groups is 1. The van der Waals surface area contributed by atoms with Crippen LogP contribution in [0, 0.1) is 5.92 Å². The molecule has 0 fully saturated rings. The second kappa shape index (κ2) is 5.08. The highest BCUT2D eigenvalue weighted by atomic mass is 16.6. The zero-order valence-electron chi connectivity index (χ0n) is 9.81. The third-order valence-electron chi connectivity index (χ3n) is 2.71. The first kappa shape index (κ1) is 11.8. The van der Waals surface area contributed by atoms with Gasteiger partial charge in [0.2, 0.25) is 0 Å². The van der Waals surface area contributed by atoms with Crippen molar-refractivity contribution >= 4 is 5.97 Å². The molecule has 1 aromatic rings. The van der Waals surface area contributed by atoms with Crippen molar-refractivity contribution < 1.29 is 19.4 Å². The van der Waals surface area contributed by atoms with Crippen molar-refractivity contribution in [2.45, 2.75) is 19.8 Å². The molecule has 1 aliphatic rings. The van der Waals surface area contributed by atoms with Gasteiger partial charge in [0.05, 0.1) is 0 Å². The van der Waals surface area contributed by atoms with Gasteiger partial charge in [0.1, 0.15) is 13.2 Å². The lowest BCUT2D eigenvalue weighted by Crippen LogP contribution is -2.15. The van der Waals surface area contributed by atoms with E-state index in [1.54, 1.807) is 0 Å². The molecule has 0 amide bonds. The summed E-state index contributed by atoms with van der Waals surface area (Å²) < 4.78 is 10.9. The molecule has 2 rings (SSSR count). The van der Waals surface area contributed by atoms with Crippen molar-refractivity contribution in [1.82, 2.24) is 0 Å². The third kappa shape index (κ3) is 3.12. The molecule has 0 bridgehead atoms. The molecule has 0 aliphatic carbocycles. The molecule has 1 heterocycles. The minimum Gasteiger partial charge on any atom is -0.486 e. The third-order valence-corrected chi connectivity index (χ3v) is 2.71. The molecule has 1 N–H and O–H groups in total. The first-order valence-electron chi connectivity index (χ1n) is 5.75. The van der Waals surface area contributed by atoms with Gasteiger partial charge in [0.15, 0.2) is 11.5 Å². The molecule has 17 heavy (non-hydrogen) atoms. The number of carboxylic acid groups (broad SMARTS) is 1. The fourth-order valence-electron chi connectivity index (χ4n) is 1.99. The molecule has 4 nitrogen and oxygen atoms in total. The molecule has 92 valence electrons. The number of hydrogen-bond donors (Lipinski definition) is 1. The SMILES string of the molecule is CC(CC(=O)O)Cc1ccc2c(c1)OCCO2. The van der Waals surface area contributed by atoms with Gasteiger partial charge >= 0.3 is 5.97 Å². The molecule has 1 aromatic carbocycles. The van der Waals surface area contributed by atoms with Crippen LogP contribution >= 0.6 is 0 Å². The van der Waals surface area contributed by atoms with Crippen molar-refractivity contribution in [3.05, 3.63) is 23.8 Å². The van der Waals surface area contributed by atoms with Crippen LogP contribution in [-0.2, 0) is 11.2 Å². The van der Waals surface area contributed by atoms with E-state index in [1.807, 2.05) is 25.1 Å². The van der Waals surface area contributed by atoms with Crippen molar-refractivity contribution in [2.24, 2.45) is 5.92 Å². The molecular formula is C13H16O4. The molecule has 1 atom stereocenters. The molecular weight excluding hydrogens is 220 g/mol. The molecule has 0 saturated carbocycles. The fourth-order valence-corrected chi connectivity index (χ4v) is 1.99. The summed E-state index contributed by atoms with van der Waals surface area (Å²) in [5.74, 6) is 0.896. The second-order valence-corrected chi connectivity index (χ2v) is 4.39. The van der Waals surface area contributed by atoms with Crippen molar-refractivity contribution in [3.8, 4) is 11.5 Å². The molecule has 0 saturated heterocycles. The number of ether oxygens (including phenoxy) is 2. The summed E-state index contributed by atoms with van der Waals surface area (Å²) in [5.41, 5.74) is 1.09. The largest absolute Gasteiger partial charge is 0.486 e. The molecule has 0 aromatic heterocycles. The number of benzene rings is 1. The minimum absolute atomic E-state index is 0.120.